The Bertz CT molecular complexity index is 966. The third-order valence-electron chi connectivity index (χ3n) is 3.12. The number of rotatable bonds is 3. The van der Waals surface area contributed by atoms with Crippen molar-refractivity contribution in [1.82, 2.24) is 4.98 Å². The zero-order chi connectivity index (χ0) is 17.5. The standard InChI is InChI=1S/C20H13BrN2O2/c21-19-11-9-18(25-19)10-12-20(24)23-17-6-3-4-15(14-17)7-8-16-5-1-2-13-22-16/h1-6,9-14H,(H,23,24)/b12-10+. The minimum absolute atomic E-state index is 0.248. The summed E-state index contributed by atoms with van der Waals surface area (Å²) in [6.07, 6.45) is 4.72. The monoisotopic (exact) mass is 392 g/mol. The van der Waals surface area contributed by atoms with E-state index in [1.165, 1.54) is 6.08 Å². The molecule has 4 nitrogen and oxygen atoms in total. The second-order valence-electron chi connectivity index (χ2n) is 5.01. The van der Waals surface area contributed by atoms with Crippen LogP contribution in [0.2, 0.25) is 0 Å². The summed E-state index contributed by atoms with van der Waals surface area (Å²) in [5, 5.41) is 2.80. The molecule has 0 unspecified atom stereocenters. The molecule has 0 bridgehead atoms. The van der Waals surface area contributed by atoms with Gasteiger partial charge in [-0.3, -0.25) is 4.79 Å². The van der Waals surface area contributed by atoms with Crippen molar-refractivity contribution >= 4 is 33.6 Å². The quantitative estimate of drug-likeness (QED) is 0.527. The second-order valence-corrected chi connectivity index (χ2v) is 5.79. The molecule has 0 aliphatic rings. The van der Waals surface area contributed by atoms with E-state index in [1.807, 2.05) is 36.4 Å². The third kappa shape index (κ3) is 5.20. The van der Waals surface area contributed by atoms with Crippen LogP contribution in [0.5, 0.6) is 0 Å². The maximum atomic E-state index is 12.0. The first-order valence-electron chi connectivity index (χ1n) is 7.46. The van der Waals surface area contributed by atoms with Gasteiger partial charge in [0.05, 0.1) is 0 Å². The first kappa shape index (κ1) is 16.7. The largest absolute Gasteiger partial charge is 0.450 e. The van der Waals surface area contributed by atoms with Gasteiger partial charge in [0.25, 0.3) is 0 Å². The van der Waals surface area contributed by atoms with Crippen LogP contribution in [0.1, 0.15) is 17.0 Å². The molecule has 2 aromatic heterocycles. The van der Waals surface area contributed by atoms with Gasteiger partial charge in [-0.2, -0.15) is 0 Å². The number of hydrogen-bond acceptors (Lipinski definition) is 3. The number of halogens is 1. The summed E-state index contributed by atoms with van der Waals surface area (Å²) in [7, 11) is 0. The van der Waals surface area contributed by atoms with Crippen LogP contribution < -0.4 is 5.32 Å². The van der Waals surface area contributed by atoms with Crippen molar-refractivity contribution < 1.29 is 9.21 Å². The van der Waals surface area contributed by atoms with E-state index < -0.39 is 0 Å². The van der Waals surface area contributed by atoms with E-state index in [0.717, 1.165) is 5.56 Å². The molecule has 25 heavy (non-hydrogen) atoms. The van der Waals surface area contributed by atoms with Crippen LogP contribution >= 0.6 is 15.9 Å². The fourth-order valence-corrected chi connectivity index (χ4v) is 2.33. The van der Waals surface area contributed by atoms with Gasteiger partial charge < -0.3 is 9.73 Å². The van der Waals surface area contributed by atoms with E-state index in [-0.39, 0.29) is 5.91 Å². The zero-order valence-electron chi connectivity index (χ0n) is 13.1. The molecule has 3 aromatic rings. The fraction of sp³-hybridized carbons (Fsp3) is 0. The van der Waals surface area contributed by atoms with Gasteiger partial charge in [0.15, 0.2) is 4.67 Å². The molecule has 0 spiro atoms. The third-order valence-corrected chi connectivity index (χ3v) is 3.55. The number of pyridine rings is 1. The van der Waals surface area contributed by atoms with Gasteiger partial charge >= 0.3 is 0 Å². The lowest BCUT2D eigenvalue weighted by Gasteiger charge is -2.02. The van der Waals surface area contributed by atoms with E-state index in [0.29, 0.717) is 21.8 Å². The predicted molar refractivity (Wildman–Crippen MR) is 101 cm³/mol. The van der Waals surface area contributed by atoms with Crippen molar-refractivity contribution in [2.45, 2.75) is 0 Å². The summed E-state index contributed by atoms with van der Waals surface area (Å²) in [6.45, 7) is 0. The summed E-state index contributed by atoms with van der Waals surface area (Å²) in [5.74, 6) is 6.37. The molecule has 0 saturated carbocycles. The molecule has 0 aliphatic heterocycles. The Balaban J connectivity index is 1.66. The number of amides is 1. The van der Waals surface area contributed by atoms with Crippen LogP contribution in [0.15, 0.2) is 76.0 Å². The summed E-state index contributed by atoms with van der Waals surface area (Å²) >= 11 is 3.21. The highest BCUT2D eigenvalue weighted by Crippen LogP contribution is 2.15. The molecule has 1 aromatic carbocycles. The summed E-state index contributed by atoms with van der Waals surface area (Å²) in [4.78, 5) is 16.1. The summed E-state index contributed by atoms with van der Waals surface area (Å²) in [6, 6.07) is 16.4. The number of furan rings is 1. The summed E-state index contributed by atoms with van der Waals surface area (Å²) in [5.41, 5.74) is 2.16. The minimum atomic E-state index is -0.248. The number of carbonyl (C=O) groups excluding carboxylic acids is 1. The van der Waals surface area contributed by atoms with Crippen LogP contribution in [0.3, 0.4) is 0 Å². The number of benzene rings is 1. The molecular formula is C20H13BrN2O2. The number of anilines is 1. The predicted octanol–water partition coefficient (Wildman–Crippen LogP) is 4.49. The lowest BCUT2D eigenvalue weighted by Crippen LogP contribution is -2.07. The average Bonchev–Trinajstić information content (AvgIpc) is 3.05. The molecule has 0 atom stereocenters. The van der Waals surface area contributed by atoms with Crippen molar-refractivity contribution in [3.8, 4) is 11.8 Å². The van der Waals surface area contributed by atoms with Crippen LogP contribution in [0, 0.1) is 11.8 Å². The number of aromatic nitrogens is 1. The molecule has 0 fully saturated rings. The van der Waals surface area contributed by atoms with Gasteiger partial charge in [0.2, 0.25) is 5.91 Å². The highest BCUT2D eigenvalue weighted by molar-refractivity contribution is 9.10. The lowest BCUT2D eigenvalue weighted by molar-refractivity contribution is -0.111. The Labute approximate surface area is 153 Å². The molecule has 0 aliphatic carbocycles. The van der Waals surface area contributed by atoms with Crippen LogP contribution in [-0.2, 0) is 4.79 Å². The normalized spacial score (nSPS) is 10.3. The molecule has 1 amide bonds. The Morgan fingerprint density at radius 3 is 2.80 bits per heavy atom. The van der Waals surface area contributed by atoms with Gasteiger partial charge in [-0.1, -0.05) is 18.1 Å². The number of nitrogens with zero attached hydrogens (tertiary/aromatic N) is 1. The van der Waals surface area contributed by atoms with E-state index >= 15 is 0 Å². The molecule has 2 heterocycles. The van der Waals surface area contributed by atoms with E-state index in [2.05, 4.69) is 38.1 Å². The molecule has 5 heteroatoms. The lowest BCUT2D eigenvalue weighted by atomic mass is 10.2. The number of nitrogens with one attached hydrogen (secondary N) is 1. The summed E-state index contributed by atoms with van der Waals surface area (Å²) < 4.78 is 5.92. The van der Waals surface area contributed by atoms with Crippen LogP contribution in [0.25, 0.3) is 6.08 Å². The average molecular weight is 393 g/mol. The molecule has 122 valence electrons. The van der Waals surface area contributed by atoms with Crippen molar-refractivity contribution in [1.29, 1.82) is 0 Å². The van der Waals surface area contributed by atoms with Gasteiger partial charge in [-0.25, -0.2) is 4.98 Å². The molecule has 3 rings (SSSR count). The van der Waals surface area contributed by atoms with Crippen LogP contribution in [-0.4, -0.2) is 10.9 Å². The van der Waals surface area contributed by atoms with Crippen LogP contribution in [0.4, 0.5) is 5.69 Å². The molecular weight excluding hydrogens is 380 g/mol. The Kier molecular flexibility index (Phi) is 5.45. The van der Waals surface area contributed by atoms with Gasteiger partial charge in [0.1, 0.15) is 11.5 Å². The maximum absolute atomic E-state index is 12.0. The van der Waals surface area contributed by atoms with E-state index in [1.54, 1.807) is 30.5 Å². The Hall–Kier alpha value is -3.10. The van der Waals surface area contributed by atoms with Crippen molar-refractivity contribution in [2.24, 2.45) is 0 Å². The molecule has 1 N–H and O–H groups in total. The highest BCUT2D eigenvalue weighted by atomic mass is 79.9. The van der Waals surface area contributed by atoms with Gasteiger partial charge in [-0.15, -0.1) is 0 Å². The maximum Gasteiger partial charge on any atom is 0.248 e. The first-order valence-corrected chi connectivity index (χ1v) is 8.26. The number of hydrogen-bond donors (Lipinski definition) is 1. The number of carbonyl (C=O) groups is 1. The molecule has 0 radical (unpaired) electrons. The van der Waals surface area contributed by atoms with E-state index in [4.69, 9.17) is 4.42 Å². The minimum Gasteiger partial charge on any atom is -0.450 e. The Morgan fingerprint density at radius 1 is 1.12 bits per heavy atom. The Morgan fingerprint density at radius 2 is 2.04 bits per heavy atom. The van der Waals surface area contributed by atoms with Crippen molar-refractivity contribution in [2.75, 3.05) is 5.32 Å². The SMILES string of the molecule is O=C(/C=C/c1ccc(Br)o1)Nc1cccc(C#Cc2ccccn2)c1. The smallest absolute Gasteiger partial charge is 0.248 e. The molecule has 0 saturated heterocycles. The van der Waals surface area contributed by atoms with Crippen molar-refractivity contribution in [3.05, 3.63) is 88.6 Å². The van der Waals surface area contributed by atoms with Crippen molar-refractivity contribution in [3.63, 3.8) is 0 Å². The topological polar surface area (TPSA) is 55.1 Å². The zero-order valence-corrected chi connectivity index (χ0v) is 14.7. The fourth-order valence-electron chi connectivity index (χ4n) is 2.01. The van der Waals surface area contributed by atoms with E-state index in [9.17, 15) is 4.79 Å². The first-order chi connectivity index (χ1) is 12.2. The van der Waals surface area contributed by atoms with Gasteiger partial charge in [-0.05, 0) is 70.4 Å². The highest BCUT2D eigenvalue weighted by Gasteiger charge is 2.00. The second kappa shape index (κ2) is 8.13. The van der Waals surface area contributed by atoms with Gasteiger partial charge in [0, 0.05) is 23.5 Å².